The molecule has 1 N–H and O–H groups in total. The Kier molecular flexibility index (Phi) is 9.37. The van der Waals surface area contributed by atoms with Gasteiger partial charge < -0.3 is 10.2 Å². The molecule has 0 radical (unpaired) electrons. The first-order valence-electron chi connectivity index (χ1n) is 11.1. The number of pyridine rings is 1. The summed E-state index contributed by atoms with van der Waals surface area (Å²) >= 11 is 6.09. The van der Waals surface area contributed by atoms with Crippen molar-refractivity contribution in [2.24, 2.45) is 0 Å². The Morgan fingerprint density at radius 2 is 1.81 bits per heavy atom. The first kappa shape index (κ1) is 24.5. The van der Waals surface area contributed by atoms with Gasteiger partial charge in [0.05, 0.1) is 5.52 Å². The third-order valence-electron chi connectivity index (χ3n) is 6.10. The fourth-order valence-electron chi connectivity index (χ4n) is 4.39. The molecule has 0 aliphatic heterocycles. The minimum Gasteiger partial charge on any atom is -0.382 e. The topological polar surface area (TPSA) is 28.2 Å². The van der Waals surface area contributed by atoms with Crippen LogP contribution < -0.4 is 5.32 Å². The van der Waals surface area contributed by atoms with E-state index in [1.54, 1.807) is 0 Å². The van der Waals surface area contributed by atoms with Crippen molar-refractivity contribution in [1.82, 2.24) is 9.88 Å². The monoisotopic (exact) mass is 487 g/mol. The molecule has 1 saturated carbocycles. The Morgan fingerprint density at radius 3 is 2.47 bits per heavy atom. The molecule has 1 aliphatic rings. The summed E-state index contributed by atoms with van der Waals surface area (Å²) in [6.45, 7) is 1.05. The van der Waals surface area contributed by atoms with Crippen LogP contribution in [0.5, 0.6) is 0 Å². The molecular formula is C27H30ClFeN3. The minimum atomic E-state index is 0. The van der Waals surface area contributed by atoms with E-state index in [2.05, 4.69) is 58.6 Å². The van der Waals surface area contributed by atoms with Gasteiger partial charge in [0.2, 0.25) is 0 Å². The maximum Gasteiger partial charge on any atom is 2.00 e. The van der Waals surface area contributed by atoms with Crippen molar-refractivity contribution in [2.45, 2.75) is 44.3 Å². The average molecular weight is 488 g/mol. The van der Waals surface area contributed by atoms with Gasteiger partial charge >= 0.3 is 17.1 Å². The third kappa shape index (κ3) is 6.70. The number of nitrogens with one attached hydrogen (secondary N) is 1. The van der Waals surface area contributed by atoms with E-state index in [1.807, 2.05) is 48.7 Å². The first-order valence-corrected chi connectivity index (χ1v) is 11.4. The summed E-state index contributed by atoms with van der Waals surface area (Å²) in [5.74, 6) is 0. The first-order chi connectivity index (χ1) is 15.2. The van der Waals surface area contributed by atoms with E-state index < -0.39 is 0 Å². The quantitative estimate of drug-likeness (QED) is 0.246. The van der Waals surface area contributed by atoms with Crippen molar-refractivity contribution in [2.75, 3.05) is 12.4 Å². The van der Waals surface area contributed by atoms with Crippen molar-refractivity contribution >= 4 is 28.2 Å². The third-order valence-corrected chi connectivity index (χ3v) is 6.34. The van der Waals surface area contributed by atoms with E-state index in [0.29, 0.717) is 12.1 Å². The standard InChI is InChI=1S/C22H25ClN3.C5H5.Fe/c1-26(15-16-4-2-3-5-16)19-9-7-18(8-10-19)25-21-12-13-24-22-14-17(23)6-11-20(21)22;1-2-4-5-3-1;/h2-6,11-14,18-19H,7-10,15H2,1H3,(H,24,25);1-5H;/q2*-1;+2. The Balaban J connectivity index is 0.000000427. The zero-order chi connectivity index (χ0) is 21.5. The molecule has 168 valence electrons. The Morgan fingerprint density at radius 1 is 1.03 bits per heavy atom. The smallest absolute Gasteiger partial charge is 0.382 e. The maximum absolute atomic E-state index is 6.09. The van der Waals surface area contributed by atoms with Crippen molar-refractivity contribution in [3.05, 3.63) is 95.6 Å². The molecule has 0 amide bonds. The number of halogens is 1. The second-order valence-corrected chi connectivity index (χ2v) is 8.78. The summed E-state index contributed by atoms with van der Waals surface area (Å²) in [5, 5.41) is 5.62. The SMILES string of the molecule is CN(Cc1cc[cH-]c1)C1CCC(Nc2ccnc3cc(Cl)ccc23)CC1.[Fe+2].c1cc[cH-]c1. The van der Waals surface area contributed by atoms with Crippen LogP contribution in [0.2, 0.25) is 5.02 Å². The van der Waals surface area contributed by atoms with E-state index in [4.69, 9.17) is 11.6 Å². The van der Waals surface area contributed by atoms with Crippen LogP contribution in [0, 0.1) is 0 Å². The van der Waals surface area contributed by atoms with Gasteiger partial charge in [-0.25, -0.2) is 18.2 Å². The predicted molar refractivity (Wildman–Crippen MR) is 132 cm³/mol. The number of nitrogens with zero attached hydrogens (tertiary/aromatic N) is 2. The normalized spacial score (nSPS) is 18.0. The van der Waals surface area contributed by atoms with Crippen LogP contribution in [0.1, 0.15) is 31.2 Å². The zero-order valence-electron chi connectivity index (χ0n) is 18.4. The van der Waals surface area contributed by atoms with Gasteiger partial charge in [0, 0.05) is 34.4 Å². The summed E-state index contributed by atoms with van der Waals surface area (Å²) in [6, 6.07) is 27.9. The van der Waals surface area contributed by atoms with Crippen molar-refractivity contribution < 1.29 is 17.1 Å². The van der Waals surface area contributed by atoms with Crippen LogP contribution in [0.25, 0.3) is 10.9 Å². The molecule has 0 atom stereocenters. The van der Waals surface area contributed by atoms with Crippen LogP contribution in [-0.4, -0.2) is 29.0 Å². The van der Waals surface area contributed by atoms with E-state index in [9.17, 15) is 0 Å². The number of anilines is 1. The van der Waals surface area contributed by atoms with Crippen molar-refractivity contribution in [3.63, 3.8) is 0 Å². The van der Waals surface area contributed by atoms with Crippen LogP contribution in [0.15, 0.2) is 85.1 Å². The predicted octanol–water partition coefficient (Wildman–Crippen LogP) is 6.87. The number of hydrogen-bond donors (Lipinski definition) is 1. The molecule has 0 saturated heterocycles. The summed E-state index contributed by atoms with van der Waals surface area (Å²) in [4.78, 5) is 6.94. The summed E-state index contributed by atoms with van der Waals surface area (Å²) in [7, 11) is 2.26. The molecule has 5 heteroatoms. The fourth-order valence-corrected chi connectivity index (χ4v) is 4.55. The van der Waals surface area contributed by atoms with Crippen molar-refractivity contribution in [1.29, 1.82) is 0 Å². The van der Waals surface area contributed by atoms with E-state index >= 15 is 0 Å². The molecule has 3 nitrogen and oxygen atoms in total. The number of aromatic nitrogens is 1. The van der Waals surface area contributed by atoms with E-state index in [-0.39, 0.29) is 17.1 Å². The van der Waals surface area contributed by atoms with Crippen molar-refractivity contribution in [3.8, 4) is 0 Å². The number of hydrogen-bond acceptors (Lipinski definition) is 3. The van der Waals surface area contributed by atoms with Gasteiger partial charge in [0.15, 0.2) is 0 Å². The molecule has 0 unspecified atom stereocenters. The molecule has 3 aromatic carbocycles. The Hall–Kier alpha value is -2.10. The van der Waals surface area contributed by atoms with Crippen LogP contribution >= 0.6 is 11.6 Å². The summed E-state index contributed by atoms with van der Waals surface area (Å²) in [5.41, 5.74) is 3.53. The average Bonchev–Trinajstić information content (AvgIpc) is 3.51. The minimum absolute atomic E-state index is 0. The van der Waals surface area contributed by atoms with E-state index in [1.165, 1.54) is 36.9 Å². The van der Waals surface area contributed by atoms with Gasteiger partial charge in [0.25, 0.3) is 0 Å². The second-order valence-electron chi connectivity index (χ2n) is 8.34. The summed E-state index contributed by atoms with van der Waals surface area (Å²) in [6.07, 6.45) is 6.74. The zero-order valence-corrected chi connectivity index (χ0v) is 20.3. The molecule has 5 rings (SSSR count). The molecule has 1 fully saturated rings. The molecule has 1 heterocycles. The van der Waals surface area contributed by atoms with Gasteiger partial charge in [-0.1, -0.05) is 11.6 Å². The van der Waals surface area contributed by atoms with Gasteiger partial charge in [0.1, 0.15) is 0 Å². The Labute approximate surface area is 207 Å². The second kappa shape index (κ2) is 12.2. The van der Waals surface area contributed by atoms with Gasteiger partial charge in [-0.05, 0) is 63.5 Å². The molecular weight excluding hydrogens is 458 g/mol. The van der Waals surface area contributed by atoms with Crippen LogP contribution in [-0.2, 0) is 23.6 Å². The molecule has 0 bridgehead atoms. The molecule has 0 spiro atoms. The summed E-state index contributed by atoms with van der Waals surface area (Å²) < 4.78 is 0. The maximum atomic E-state index is 6.09. The number of fused-ring (bicyclic) bond motifs is 1. The molecule has 1 aliphatic carbocycles. The molecule has 32 heavy (non-hydrogen) atoms. The fraction of sp³-hybridized carbons (Fsp3) is 0.296. The van der Waals surface area contributed by atoms with E-state index in [0.717, 1.165) is 22.5 Å². The molecule has 4 aromatic rings. The van der Waals surface area contributed by atoms with Crippen LogP contribution in [0.3, 0.4) is 0 Å². The number of benzene rings is 1. The Bertz CT molecular complexity index is 1020. The van der Waals surface area contributed by atoms with Gasteiger partial charge in [-0.3, -0.25) is 4.98 Å². The number of rotatable bonds is 5. The van der Waals surface area contributed by atoms with Gasteiger partial charge in [-0.2, -0.15) is 42.0 Å². The largest absolute Gasteiger partial charge is 2.00 e. The molecule has 1 aromatic heterocycles. The van der Waals surface area contributed by atoms with Gasteiger partial charge in [-0.15, -0.1) is 0 Å². The van der Waals surface area contributed by atoms with Crippen LogP contribution in [0.4, 0.5) is 5.69 Å².